The number of benzene rings is 1. The molecule has 2 aliphatic rings. The van der Waals surface area contributed by atoms with E-state index in [2.05, 4.69) is 19.1 Å². The van der Waals surface area contributed by atoms with Crippen molar-refractivity contribution in [1.82, 2.24) is 0 Å². The first kappa shape index (κ1) is 12.5. The smallest absolute Gasteiger partial charge is 0.164 e. The van der Waals surface area contributed by atoms with Crippen LogP contribution in [0.15, 0.2) is 23.8 Å². The number of allylic oxidation sites excluding steroid dienone is 2. The Bertz CT molecular complexity index is 533. The molecule has 19 heavy (non-hydrogen) atoms. The summed E-state index contributed by atoms with van der Waals surface area (Å²) in [5.41, 5.74) is 3.73. The lowest BCUT2D eigenvalue weighted by atomic mass is 9.74. The summed E-state index contributed by atoms with van der Waals surface area (Å²) in [6.07, 6.45) is 3.70. The van der Waals surface area contributed by atoms with Gasteiger partial charge in [0.2, 0.25) is 0 Å². The Morgan fingerprint density at radius 3 is 2.63 bits per heavy atom. The van der Waals surface area contributed by atoms with Crippen LogP contribution in [-0.4, -0.2) is 25.4 Å². The van der Waals surface area contributed by atoms with Crippen molar-refractivity contribution in [3.63, 3.8) is 0 Å². The SMILES string of the molecule is COc1ccc2c(c1OC)[C@H]1C=C(C)C[C@H]1[C@@H](O)C2. The zero-order valence-electron chi connectivity index (χ0n) is 11.6. The van der Waals surface area contributed by atoms with Gasteiger partial charge in [0.15, 0.2) is 11.5 Å². The Hall–Kier alpha value is -1.48. The van der Waals surface area contributed by atoms with Crippen LogP contribution in [0.25, 0.3) is 0 Å². The second kappa shape index (κ2) is 4.57. The summed E-state index contributed by atoms with van der Waals surface area (Å²) in [5.74, 6) is 2.14. The van der Waals surface area contributed by atoms with Gasteiger partial charge in [0, 0.05) is 11.5 Å². The molecule has 0 heterocycles. The minimum absolute atomic E-state index is 0.254. The largest absolute Gasteiger partial charge is 0.493 e. The number of hydrogen-bond donors (Lipinski definition) is 1. The number of fused-ring (bicyclic) bond motifs is 3. The van der Waals surface area contributed by atoms with Crippen molar-refractivity contribution in [3.8, 4) is 11.5 Å². The van der Waals surface area contributed by atoms with Crippen molar-refractivity contribution < 1.29 is 14.6 Å². The molecule has 3 nitrogen and oxygen atoms in total. The standard InChI is InChI=1S/C16H20O3/c1-9-6-11-12(7-9)15-10(8-13(11)17)4-5-14(18-2)16(15)19-3/h4-5,7,11-13,17H,6,8H2,1-3H3/t11-,12+,13+/m1/s1. The van der Waals surface area contributed by atoms with Gasteiger partial charge in [0.05, 0.1) is 20.3 Å². The van der Waals surface area contributed by atoms with Crippen molar-refractivity contribution in [2.75, 3.05) is 14.2 Å². The van der Waals surface area contributed by atoms with Crippen LogP contribution in [0.5, 0.6) is 11.5 Å². The second-order valence-corrected chi connectivity index (χ2v) is 5.55. The first-order chi connectivity index (χ1) is 9.15. The maximum Gasteiger partial charge on any atom is 0.164 e. The summed E-state index contributed by atoms with van der Waals surface area (Å²) in [6, 6.07) is 3.98. The summed E-state index contributed by atoms with van der Waals surface area (Å²) in [6.45, 7) is 2.14. The fourth-order valence-corrected chi connectivity index (χ4v) is 3.58. The highest BCUT2D eigenvalue weighted by Crippen LogP contribution is 2.50. The molecular weight excluding hydrogens is 240 g/mol. The molecule has 2 aliphatic carbocycles. The van der Waals surface area contributed by atoms with Crippen LogP contribution in [0.4, 0.5) is 0 Å². The van der Waals surface area contributed by atoms with Crippen molar-refractivity contribution >= 4 is 0 Å². The van der Waals surface area contributed by atoms with Gasteiger partial charge in [-0.25, -0.2) is 0 Å². The van der Waals surface area contributed by atoms with Crippen LogP contribution >= 0.6 is 0 Å². The third-order valence-electron chi connectivity index (χ3n) is 4.41. The van der Waals surface area contributed by atoms with Crippen LogP contribution in [-0.2, 0) is 6.42 Å². The minimum Gasteiger partial charge on any atom is -0.493 e. The third kappa shape index (κ3) is 1.84. The summed E-state index contributed by atoms with van der Waals surface area (Å²) in [4.78, 5) is 0. The van der Waals surface area contributed by atoms with Gasteiger partial charge in [-0.15, -0.1) is 0 Å². The maximum absolute atomic E-state index is 10.3. The third-order valence-corrected chi connectivity index (χ3v) is 4.41. The normalized spacial score (nSPS) is 28.4. The molecular formula is C16H20O3. The van der Waals surface area contributed by atoms with E-state index in [1.807, 2.05) is 6.07 Å². The average Bonchev–Trinajstić information content (AvgIpc) is 2.80. The predicted octanol–water partition coefficient (Wildman–Crippen LogP) is 2.67. The molecule has 3 rings (SSSR count). The van der Waals surface area contributed by atoms with E-state index in [4.69, 9.17) is 9.47 Å². The summed E-state index contributed by atoms with van der Waals surface area (Å²) in [5, 5.41) is 10.3. The second-order valence-electron chi connectivity index (χ2n) is 5.55. The highest BCUT2D eigenvalue weighted by molar-refractivity contribution is 5.56. The Morgan fingerprint density at radius 2 is 1.95 bits per heavy atom. The van der Waals surface area contributed by atoms with E-state index in [-0.39, 0.29) is 17.9 Å². The van der Waals surface area contributed by atoms with Gasteiger partial charge in [-0.3, -0.25) is 0 Å². The lowest BCUT2D eigenvalue weighted by Gasteiger charge is -2.34. The fourth-order valence-electron chi connectivity index (χ4n) is 3.58. The van der Waals surface area contributed by atoms with Crippen LogP contribution in [0.3, 0.4) is 0 Å². The van der Waals surface area contributed by atoms with E-state index < -0.39 is 0 Å². The molecule has 0 saturated carbocycles. The van der Waals surface area contributed by atoms with Crippen molar-refractivity contribution in [1.29, 1.82) is 0 Å². The lowest BCUT2D eigenvalue weighted by Crippen LogP contribution is -2.31. The van der Waals surface area contributed by atoms with Crippen LogP contribution < -0.4 is 9.47 Å². The van der Waals surface area contributed by atoms with Crippen molar-refractivity contribution in [2.24, 2.45) is 5.92 Å². The van der Waals surface area contributed by atoms with Crippen molar-refractivity contribution in [3.05, 3.63) is 34.9 Å². The molecule has 0 fully saturated rings. The molecule has 1 aromatic rings. The number of ether oxygens (including phenoxy) is 2. The first-order valence-electron chi connectivity index (χ1n) is 6.74. The van der Waals surface area contributed by atoms with Crippen LogP contribution in [0, 0.1) is 5.92 Å². The van der Waals surface area contributed by atoms with E-state index in [0.717, 1.165) is 17.9 Å². The molecule has 0 amide bonds. The number of hydrogen-bond acceptors (Lipinski definition) is 3. The maximum atomic E-state index is 10.3. The predicted molar refractivity (Wildman–Crippen MR) is 73.9 cm³/mol. The number of methoxy groups -OCH3 is 2. The monoisotopic (exact) mass is 260 g/mol. The molecule has 0 radical (unpaired) electrons. The van der Waals surface area contributed by atoms with Gasteiger partial charge in [0.25, 0.3) is 0 Å². The highest BCUT2D eigenvalue weighted by Gasteiger charge is 2.40. The molecule has 3 atom stereocenters. The molecule has 0 aliphatic heterocycles. The van der Waals surface area contributed by atoms with E-state index in [9.17, 15) is 5.11 Å². The summed E-state index contributed by atoms with van der Waals surface area (Å²) >= 11 is 0. The zero-order valence-corrected chi connectivity index (χ0v) is 11.6. The fraction of sp³-hybridized carbons (Fsp3) is 0.500. The number of aliphatic hydroxyl groups is 1. The summed E-state index contributed by atoms with van der Waals surface area (Å²) < 4.78 is 11.0. The molecule has 1 N–H and O–H groups in total. The minimum atomic E-state index is -0.260. The van der Waals surface area contributed by atoms with Gasteiger partial charge < -0.3 is 14.6 Å². The highest BCUT2D eigenvalue weighted by atomic mass is 16.5. The lowest BCUT2D eigenvalue weighted by molar-refractivity contribution is 0.0952. The Kier molecular flexibility index (Phi) is 3.02. The molecule has 0 saturated heterocycles. The van der Waals surface area contributed by atoms with Crippen LogP contribution in [0.2, 0.25) is 0 Å². The van der Waals surface area contributed by atoms with E-state index >= 15 is 0 Å². The van der Waals surface area contributed by atoms with Gasteiger partial charge in [-0.05, 0) is 37.3 Å². The molecule has 0 spiro atoms. The Morgan fingerprint density at radius 1 is 1.16 bits per heavy atom. The summed E-state index contributed by atoms with van der Waals surface area (Å²) in [7, 11) is 3.35. The molecule has 0 aromatic heterocycles. The topological polar surface area (TPSA) is 38.7 Å². The molecule has 3 heteroatoms. The molecule has 102 valence electrons. The van der Waals surface area contributed by atoms with Crippen molar-refractivity contribution in [2.45, 2.75) is 31.8 Å². The number of rotatable bonds is 2. The zero-order chi connectivity index (χ0) is 13.6. The van der Waals surface area contributed by atoms with Gasteiger partial charge in [-0.1, -0.05) is 17.7 Å². The van der Waals surface area contributed by atoms with Gasteiger partial charge in [-0.2, -0.15) is 0 Å². The average molecular weight is 260 g/mol. The number of aliphatic hydroxyl groups excluding tert-OH is 1. The van der Waals surface area contributed by atoms with Crippen LogP contribution in [0.1, 0.15) is 30.4 Å². The van der Waals surface area contributed by atoms with E-state index in [1.165, 1.54) is 16.7 Å². The molecule has 0 unspecified atom stereocenters. The van der Waals surface area contributed by atoms with Gasteiger partial charge in [0.1, 0.15) is 0 Å². The molecule has 0 bridgehead atoms. The first-order valence-corrected chi connectivity index (χ1v) is 6.74. The quantitative estimate of drug-likeness (QED) is 0.831. The van der Waals surface area contributed by atoms with E-state index in [0.29, 0.717) is 6.42 Å². The Balaban J connectivity index is 2.18. The Labute approximate surface area is 113 Å². The van der Waals surface area contributed by atoms with Gasteiger partial charge >= 0.3 is 0 Å². The molecule has 1 aromatic carbocycles. The van der Waals surface area contributed by atoms with E-state index in [1.54, 1.807) is 14.2 Å².